The van der Waals surface area contributed by atoms with Gasteiger partial charge in [0.25, 0.3) is 0 Å². The fourth-order valence-corrected chi connectivity index (χ4v) is 5.46. The Morgan fingerprint density at radius 3 is 2.41 bits per heavy atom. The van der Waals surface area contributed by atoms with Crippen LogP contribution >= 0.6 is 45.9 Å². The van der Waals surface area contributed by atoms with Crippen molar-refractivity contribution in [1.82, 2.24) is 5.48 Å². The van der Waals surface area contributed by atoms with Gasteiger partial charge in [-0.2, -0.15) is 5.48 Å². The van der Waals surface area contributed by atoms with Gasteiger partial charge in [-0.05, 0) is 42.8 Å². The van der Waals surface area contributed by atoms with Crippen LogP contribution in [0.4, 0.5) is 0 Å². The molecule has 0 bridgehead atoms. The Morgan fingerprint density at radius 1 is 1.36 bits per heavy atom. The van der Waals surface area contributed by atoms with Crippen LogP contribution in [-0.4, -0.2) is 27.3 Å². The van der Waals surface area contributed by atoms with Crippen molar-refractivity contribution >= 4 is 56.2 Å². The third kappa shape index (κ3) is 5.34. The predicted octanol–water partition coefficient (Wildman–Crippen LogP) is 3.63. The molecule has 1 unspecified atom stereocenters. The lowest BCUT2D eigenvalue weighted by atomic mass is 10.3. The highest BCUT2D eigenvalue weighted by molar-refractivity contribution is 9.10. The van der Waals surface area contributed by atoms with Crippen molar-refractivity contribution in [2.75, 3.05) is 6.61 Å². The number of nitrogens with one attached hydrogen (secondary N) is 1. The lowest BCUT2D eigenvalue weighted by Crippen LogP contribution is -2.27. The van der Waals surface area contributed by atoms with Crippen molar-refractivity contribution < 1.29 is 23.7 Å². The quantitative estimate of drug-likeness (QED) is 0.297. The van der Waals surface area contributed by atoms with Crippen LogP contribution in [0.3, 0.4) is 0 Å². The highest BCUT2D eigenvalue weighted by Crippen LogP contribution is 2.48. The maximum atomic E-state index is 9.65. The summed E-state index contributed by atoms with van der Waals surface area (Å²) in [7, 11) is -1.74. The second-order valence-electron chi connectivity index (χ2n) is 4.36. The topological polar surface area (TPSA) is 91.2 Å². The van der Waals surface area contributed by atoms with Gasteiger partial charge in [-0.1, -0.05) is 23.2 Å². The maximum absolute atomic E-state index is 9.65. The van der Waals surface area contributed by atoms with Crippen molar-refractivity contribution in [3.8, 4) is 5.75 Å². The van der Waals surface area contributed by atoms with E-state index in [1.165, 1.54) is 6.07 Å². The minimum absolute atomic E-state index is 0.0239. The number of rotatable bonds is 6. The van der Waals surface area contributed by atoms with Gasteiger partial charge in [0.1, 0.15) is 5.02 Å². The standard InChI is InChI=1S/C11H17BrCl2NO5PS/c1-4-19-22(21(16,17)18)8-5-7(13)9(12)10(14)11(8)20-15-6(2)3/h5-6,15-18H,4H2,1-3H3. The SMILES string of the molecule is CCOS(c1cc(Cl)c(Br)c(Cl)c1ONC(C)C)=P(O)(O)O. The Labute approximate surface area is 149 Å². The molecule has 1 rings (SSSR count). The fraction of sp³-hybridized carbons (Fsp3) is 0.455. The number of hydrogen-bond donors (Lipinski definition) is 4. The third-order valence-electron chi connectivity index (χ3n) is 2.12. The van der Waals surface area contributed by atoms with E-state index in [0.29, 0.717) is 4.47 Å². The first kappa shape index (κ1) is 20.7. The van der Waals surface area contributed by atoms with Crippen LogP contribution in [0, 0.1) is 0 Å². The highest BCUT2D eigenvalue weighted by Gasteiger charge is 2.25. The van der Waals surface area contributed by atoms with Gasteiger partial charge in [-0.3, -0.25) is 0 Å². The van der Waals surface area contributed by atoms with E-state index in [4.69, 9.17) is 32.2 Å². The largest absolute Gasteiger partial charge is 0.406 e. The molecule has 128 valence electrons. The molecule has 0 fully saturated rings. The average molecular weight is 457 g/mol. The molecule has 0 aliphatic carbocycles. The first-order valence-electron chi connectivity index (χ1n) is 6.15. The Hall–Kier alpha value is 0.660. The van der Waals surface area contributed by atoms with Crippen molar-refractivity contribution in [3.05, 3.63) is 20.6 Å². The van der Waals surface area contributed by atoms with Gasteiger partial charge in [0.15, 0.2) is 5.75 Å². The Balaban J connectivity index is 3.57. The first-order valence-corrected chi connectivity index (χ1v) is 11.1. The summed E-state index contributed by atoms with van der Waals surface area (Å²) in [6.07, 6.45) is 0. The fourth-order valence-electron chi connectivity index (χ4n) is 1.34. The summed E-state index contributed by atoms with van der Waals surface area (Å²) in [5, 5.41) is 0.351. The molecule has 0 aliphatic rings. The molecular formula is C11H17BrCl2NO5PS. The molecule has 0 amide bonds. The van der Waals surface area contributed by atoms with E-state index in [1.54, 1.807) is 6.92 Å². The number of halogens is 3. The molecule has 11 heteroatoms. The molecule has 6 nitrogen and oxygen atoms in total. The zero-order chi connectivity index (χ0) is 17.1. The van der Waals surface area contributed by atoms with Crippen LogP contribution in [-0.2, 0) is 14.5 Å². The van der Waals surface area contributed by atoms with Gasteiger partial charge in [-0.15, -0.1) is 0 Å². The van der Waals surface area contributed by atoms with Gasteiger partial charge >= 0.3 is 6.72 Å². The van der Waals surface area contributed by atoms with Crippen molar-refractivity contribution in [2.45, 2.75) is 31.7 Å². The summed E-state index contributed by atoms with van der Waals surface area (Å²) in [5.41, 5.74) is 2.71. The molecule has 0 aliphatic heterocycles. The zero-order valence-corrected chi connectivity index (χ0v) is 16.8. The van der Waals surface area contributed by atoms with Crippen LogP contribution < -0.4 is 10.3 Å². The van der Waals surface area contributed by atoms with Crippen LogP contribution in [0.1, 0.15) is 20.8 Å². The molecule has 1 aromatic rings. The van der Waals surface area contributed by atoms with Crippen LogP contribution in [0.15, 0.2) is 15.4 Å². The van der Waals surface area contributed by atoms with E-state index >= 15 is 0 Å². The Kier molecular flexibility index (Phi) is 8.16. The summed E-state index contributed by atoms with van der Waals surface area (Å²) in [6.45, 7) is 1.18. The molecular weight excluding hydrogens is 440 g/mol. The molecule has 0 radical (unpaired) electrons. The molecule has 1 aromatic carbocycles. The minimum Gasteiger partial charge on any atom is -0.406 e. The van der Waals surface area contributed by atoms with E-state index in [9.17, 15) is 14.7 Å². The van der Waals surface area contributed by atoms with Crippen molar-refractivity contribution in [3.63, 3.8) is 0 Å². The zero-order valence-electron chi connectivity index (χ0n) is 12.0. The van der Waals surface area contributed by atoms with E-state index in [1.807, 2.05) is 13.8 Å². The summed E-state index contributed by atoms with van der Waals surface area (Å²) < 4.78 is 5.66. The lowest BCUT2D eigenvalue weighted by molar-refractivity contribution is 0.163. The highest BCUT2D eigenvalue weighted by atomic mass is 79.9. The molecule has 0 aromatic heterocycles. The first-order chi connectivity index (χ1) is 10.1. The smallest absolute Gasteiger partial charge is 0.306 e. The average Bonchev–Trinajstić information content (AvgIpc) is 2.39. The minimum atomic E-state index is -4.33. The predicted molar refractivity (Wildman–Crippen MR) is 93.9 cm³/mol. The summed E-state index contributed by atoms with van der Waals surface area (Å²) in [4.78, 5) is 34.5. The second kappa shape index (κ2) is 8.67. The van der Waals surface area contributed by atoms with Gasteiger partial charge < -0.3 is 23.7 Å². The number of hydrogen-bond acceptors (Lipinski definition) is 3. The van der Waals surface area contributed by atoms with Crippen molar-refractivity contribution in [2.24, 2.45) is 0 Å². The molecule has 0 spiro atoms. The second-order valence-corrected chi connectivity index (χ2v) is 10.6. The monoisotopic (exact) mass is 455 g/mol. The van der Waals surface area contributed by atoms with E-state index in [0.717, 1.165) is 0 Å². The third-order valence-corrected chi connectivity index (χ3v) is 7.88. The normalized spacial score (nSPS) is 13.5. The van der Waals surface area contributed by atoms with E-state index in [-0.39, 0.29) is 33.3 Å². The molecule has 1 atom stereocenters. The van der Waals surface area contributed by atoms with Gasteiger partial charge in [0, 0.05) is 16.4 Å². The molecule has 0 saturated carbocycles. The molecule has 0 heterocycles. The summed E-state index contributed by atoms with van der Waals surface area (Å²) >= 11 is 15.5. The number of hydroxylamine groups is 1. The molecule has 0 saturated heterocycles. The van der Waals surface area contributed by atoms with Gasteiger partial charge in [0.05, 0.1) is 21.0 Å². The Morgan fingerprint density at radius 2 is 1.95 bits per heavy atom. The van der Waals surface area contributed by atoms with E-state index < -0.39 is 17.1 Å². The lowest BCUT2D eigenvalue weighted by Gasteiger charge is -2.20. The van der Waals surface area contributed by atoms with Gasteiger partial charge in [-0.25, -0.2) is 0 Å². The Bertz CT molecular complexity index is 602. The van der Waals surface area contributed by atoms with Gasteiger partial charge in [0.2, 0.25) is 0 Å². The summed E-state index contributed by atoms with van der Waals surface area (Å²) in [6, 6.07) is 1.38. The molecule has 22 heavy (non-hydrogen) atoms. The van der Waals surface area contributed by atoms with E-state index in [2.05, 4.69) is 21.4 Å². The van der Waals surface area contributed by atoms with Crippen molar-refractivity contribution in [1.29, 1.82) is 0 Å². The molecule has 4 N–H and O–H groups in total. The summed E-state index contributed by atoms with van der Waals surface area (Å²) in [5.74, 6) is 0.102. The maximum Gasteiger partial charge on any atom is 0.306 e. The number of benzene rings is 1. The van der Waals surface area contributed by atoms with Crippen LogP contribution in [0.2, 0.25) is 10.0 Å². The van der Waals surface area contributed by atoms with Crippen LogP contribution in [0.5, 0.6) is 5.75 Å². The van der Waals surface area contributed by atoms with Crippen LogP contribution in [0.25, 0.3) is 0 Å².